The number of rotatable bonds is 7. The van der Waals surface area contributed by atoms with E-state index < -0.39 is 0 Å². The van der Waals surface area contributed by atoms with E-state index in [0.717, 1.165) is 32.5 Å². The van der Waals surface area contributed by atoms with E-state index in [1.54, 1.807) is 12.1 Å². The molecule has 2 heterocycles. The highest BCUT2D eigenvalue weighted by Gasteiger charge is 2.25. The van der Waals surface area contributed by atoms with Crippen LogP contribution in [0.2, 0.25) is 5.02 Å². The molecule has 1 N–H and O–H groups in total. The Hall–Kier alpha value is -1.95. The van der Waals surface area contributed by atoms with Crippen LogP contribution in [0.5, 0.6) is 0 Å². The molecule has 0 radical (unpaired) electrons. The standard InChI is InChI=1S/C26H33ClFN3O/c27-24-9-8-23(25(28)16-24)19-31-14-10-20(11-15-31)26(32)29-17-21-6-2-3-7-22(21)18-30-12-4-1-5-13-30/h2-3,6-9,16,20H,1,4-5,10-15,17-19H2,(H,29,32). The van der Waals surface area contributed by atoms with Gasteiger partial charge in [-0.2, -0.15) is 0 Å². The fourth-order valence-corrected chi connectivity index (χ4v) is 4.97. The number of carbonyl (C=O) groups excluding carboxylic acids is 1. The third-order valence-corrected chi connectivity index (χ3v) is 7.02. The van der Waals surface area contributed by atoms with Gasteiger partial charge >= 0.3 is 0 Å². The summed E-state index contributed by atoms with van der Waals surface area (Å²) >= 11 is 5.85. The highest BCUT2D eigenvalue weighted by atomic mass is 35.5. The molecule has 0 aromatic heterocycles. The second-order valence-electron chi connectivity index (χ2n) is 9.11. The first kappa shape index (κ1) is 23.2. The summed E-state index contributed by atoms with van der Waals surface area (Å²) in [5.74, 6) is -0.105. The minimum Gasteiger partial charge on any atom is -0.352 e. The van der Waals surface area contributed by atoms with Crippen LogP contribution in [0.15, 0.2) is 42.5 Å². The summed E-state index contributed by atoms with van der Waals surface area (Å²) in [6.45, 7) is 6.03. The van der Waals surface area contributed by atoms with Crippen LogP contribution in [-0.4, -0.2) is 41.9 Å². The van der Waals surface area contributed by atoms with E-state index >= 15 is 0 Å². The zero-order chi connectivity index (χ0) is 22.3. The molecule has 0 aliphatic carbocycles. The van der Waals surface area contributed by atoms with Crippen LogP contribution in [-0.2, 0) is 24.4 Å². The van der Waals surface area contributed by atoms with Gasteiger partial charge in [0, 0.05) is 36.1 Å². The number of hydrogen-bond acceptors (Lipinski definition) is 3. The maximum Gasteiger partial charge on any atom is 0.223 e. The number of amides is 1. The number of carbonyl (C=O) groups is 1. The van der Waals surface area contributed by atoms with E-state index in [2.05, 4.69) is 39.4 Å². The Morgan fingerprint density at radius 2 is 1.56 bits per heavy atom. The minimum atomic E-state index is -0.263. The maximum absolute atomic E-state index is 14.1. The molecular formula is C26H33ClFN3O. The second-order valence-corrected chi connectivity index (χ2v) is 9.55. The Bertz CT molecular complexity index is 908. The molecular weight excluding hydrogens is 425 g/mol. The topological polar surface area (TPSA) is 35.6 Å². The average Bonchev–Trinajstić information content (AvgIpc) is 2.81. The van der Waals surface area contributed by atoms with Crippen LogP contribution in [0.25, 0.3) is 0 Å². The van der Waals surface area contributed by atoms with Crippen LogP contribution in [0.1, 0.15) is 48.8 Å². The van der Waals surface area contributed by atoms with Crippen LogP contribution in [0.3, 0.4) is 0 Å². The van der Waals surface area contributed by atoms with Crippen molar-refractivity contribution < 1.29 is 9.18 Å². The van der Waals surface area contributed by atoms with E-state index in [0.29, 0.717) is 23.7 Å². The smallest absolute Gasteiger partial charge is 0.223 e. The number of hydrogen-bond donors (Lipinski definition) is 1. The molecule has 4 rings (SSSR count). The van der Waals surface area contributed by atoms with Crippen molar-refractivity contribution in [3.63, 3.8) is 0 Å². The fraction of sp³-hybridized carbons (Fsp3) is 0.500. The van der Waals surface area contributed by atoms with Gasteiger partial charge in [-0.25, -0.2) is 4.39 Å². The number of likely N-dealkylation sites (tertiary alicyclic amines) is 2. The maximum atomic E-state index is 14.1. The van der Waals surface area contributed by atoms with Crippen molar-refractivity contribution in [2.75, 3.05) is 26.2 Å². The van der Waals surface area contributed by atoms with Gasteiger partial charge in [-0.3, -0.25) is 14.6 Å². The van der Waals surface area contributed by atoms with Crippen molar-refractivity contribution in [3.05, 3.63) is 70.0 Å². The molecule has 0 bridgehead atoms. The Morgan fingerprint density at radius 3 is 2.28 bits per heavy atom. The molecule has 2 aliphatic heterocycles. The largest absolute Gasteiger partial charge is 0.352 e. The summed E-state index contributed by atoms with van der Waals surface area (Å²) in [4.78, 5) is 17.5. The van der Waals surface area contributed by atoms with E-state index in [1.165, 1.54) is 49.5 Å². The van der Waals surface area contributed by atoms with Crippen LogP contribution in [0, 0.1) is 11.7 Å². The summed E-state index contributed by atoms with van der Waals surface area (Å²) in [6.07, 6.45) is 5.50. The number of benzene rings is 2. The van der Waals surface area contributed by atoms with E-state index in [4.69, 9.17) is 11.6 Å². The van der Waals surface area contributed by atoms with Gasteiger partial charge in [-0.05, 0) is 75.1 Å². The Kier molecular flexibility index (Phi) is 8.17. The van der Waals surface area contributed by atoms with Gasteiger partial charge in [-0.15, -0.1) is 0 Å². The summed E-state index contributed by atoms with van der Waals surface area (Å²) < 4.78 is 14.1. The first-order valence-corrected chi connectivity index (χ1v) is 12.2. The van der Waals surface area contributed by atoms with Gasteiger partial charge in [0.25, 0.3) is 0 Å². The summed E-state index contributed by atoms with van der Waals surface area (Å²) in [7, 11) is 0. The third kappa shape index (κ3) is 6.31. The van der Waals surface area contributed by atoms with Crippen LogP contribution >= 0.6 is 11.6 Å². The Balaban J connectivity index is 1.25. The molecule has 0 unspecified atom stereocenters. The summed E-state index contributed by atoms with van der Waals surface area (Å²) in [5, 5.41) is 3.59. The second kappa shape index (κ2) is 11.3. The fourth-order valence-electron chi connectivity index (χ4n) is 4.81. The monoisotopic (exact) mass is 457 g/mol. The minimum absolute atomic E-state index is 0.0237. The lowest BCUT2D eigenvalue weighted by molar-refractivity contribution is -0.126. The first-order chi connectivity index (χ1) is 15.6. The van der Waals surface area contributed by atoms with Gasteiger partial charge in [0.15, 0.2) is 0 Å². The lowest BCUT2D eigenvalue weighted by Gasteiger charge is -2.31. The van der Waals surface area contributed by atoms with E-state index in [9.17, 15) is 9.18 Å². The molecule has 0 saturated carbocycles. The molecule has 2 aromatic rings. The number of halogens is 2. The first-order valence-electron chi connectivity index (χ1n) is 11.8. The Labute approximate surface area is 195 Å². The molecule has 2 saturated heterocycles. The van der Waals surface area contributed by atoms with Gasteiger partial charge in [0.05, 0.1) is 0 Å². The summed E-state index contributed by atoms with van der Waals surface area (Å²) in [5.41, 5.74) is 3.18. The summed E-state index contributed by atoms with van der Waals surface area (Å²) in [6, 6.07) is 13.3. The van der Waals surface area contributed by atoms with Crippen molar-refractivity contribution in [2.45, 2.75) is 51.7 Å². The van der Waals surface area contributed by atoms with Gasteiger partial charge in [0.2, 0.25) is 5.91 Å². The molecule has 0 atom stereocenters. The average molecular weight is 458 g/mol. The highest BCUT2D eigenvalue weighted by molar-refractivity contribution is 6.30. The van der Waals surface area contributed by atoms with Crippen molar-refractivity contribution >= 4 is 17.5 Å². The molecule has 2 aromatic carbocycles. The lowest BCUT2D eigenvalue weighted by atomic mass is 9.95. The number of piperidine rings is 2. The van der Waals surface area contributed by atoms with Gasteiger partial charge in [-0.1, -0.05) is 48.4 Å². The van der Waals surface area contributed by atoms with Gasteiger partial charge < -0.3 is 5.32 Å². The molecule has 172 valence electrons. The van der Waals surface area contributed by atoms with Crippen molar-refractivity contribution in [1.82, 2.24) is 15.1 Å². The molecule has 4 nitrogen and oxygen atoms in total. The zero-order valence-electron chi connectivity index (χ0n) is 18.7. The predicted octanol–water partition coefficient (Wildman–Crippen LogP) is 4.99. The molecule has 0 spiro atoms. The molecule has 6 heteroatoms. The number of nitrogens with one attached hydrogen (secondary N) is 1. The SMILES string of the molecule is O=C(NCc1ccccc1CN1CCCCC1)C1CCN(Cc2ccc(Cl)cc2F)CC1. The van der Waals surface area contributed by atoms with Crippen LogP contribution < -0.4 is 5.32 Å². The quantitative estimate of drug-likeness (QED) is 0.636. The van der Waals surface area contributed by atoms with Crippen LogP contribution in [0.4, 0.5) is 4.39 Å². The van der Waals surface area contributed by atoms with Crippen molar-refractivity contribution in [3.8, 4) is 0 Å². The number of nitrogens with zero attached hydrogens (tertiary/aromatic N) is 2. The molecule has 2 aliphatic rings. The Morgan fingerprint density at radius 1 is 0.906 bits per heavy atom. The van der Waals surface area contributed by atoms with Crippen molar-refractivity contribution in [2.24, 2.45) is 5.92 Å². The van der Waals surface area contributed by atoms with Gasteiger partial charge in [0.1, 0.15) is 5.82 Å². The van der Waals surface area contributed by atoms with E-state index in [1.807, 2.05) is 0 Å². The molecule has 2 fully saturated rings. The zero-order valence-corrected chi connectivity index (χ0v) is 19.4. The molecule has 32 heavy (non-hydrogen) atoms. The highest BCUT2D eigenvalue weighted by Crippen LogP contribution is 2.22. The third-order valence-electron chi connectivity index (χ3n) is 6.78. The lowest BCUT2D eigenvalue weighted by Crippen LogP contribution is -2.40. The van der Waals surface area contributed by atoms with Crippen molar-refractivity contribution in [1.29, 1.82) is 0 Å². The predicted molar refractivity (Wildman–Crippen MR) is 127 cm³/mol. The normalized spacial score (nSPS) is 18.6. The van der Waals surface area contributed by atoms with E-state index in [-0.39, 0.29) is 17.6 Å². The molecule has 1 amide bonds.